The van der Waals surface area contributed by atoms with Crippen LogP contribution in [0, 0.1) is 6.92 Å². The number of nitrogens with zero attached hydrogens (tertiary/aromatic N) is 5. The minimum absolute atomic E-state index is 0.126. The molecule has 27 heavy (non-hydrogen) atoms. The Hall–Kier alpha value is -2.45. The van der Waals surface area contributed by atoms with Crippen molar-refractivity contribution in [1.82, 2.24) is 19.7 Å². The van der Waals surface area contributed by atoms with Gasteiger partial charge in [-0.1, -0.05) is 11.3 Å². The summed E-state index contributed by atoms with van der Waals surface area (Å²) < 4.78 is 8.24. The number of thiazole rings is 1. The molecule has 144 valence electrons. The topological polar surface area (TPSA) is 63.5 Å². The lowest BCUT2D eigenvalue weighted by molar-refractivity contribution is 0.0979. The average molecular weight is 388 g/mol. The molecule has 0 atom stereocenters. The normalized spacial score (nSPS) is 11.3. The van der Waals surface area contributed by atoms with Crippen LogP contribution >= 0.6 is 11.3 Å². The number of likely N-dealkylation sites (N-methyl/N-ethyl adjacent to an activating group) is 1. The smallest absolute Gasteiger partial charge is 0.280 e. The first-order chi connectivity index (χ1) is 12.9. The molecule has 3 aromatic rings. The van der Waals surface area contributed by atoms with E-state index in [0.717, 1.165) is 28.1 Å². The molecule has 0 spiro atoms. The third-order valence-electron chi connectivity index (χ3n) is 4.12. The van der Waals surface area contributed by atoms with Crippen LogP contribution in [-0.4, -0.2) is 59.4 Å². The molecular weight excluding hydrogens is 362 g/mol. The number of hydrogen-bond acceptors (Lipinski definition) is 6. The molecule has 8 heteroatoms. The van der Waals surface area contributed by atoms with Gasteiger partial charge < -0.3 is 9.64 Å². The Labute approximate surface area is 163 Å². The van der Waals surface area contributed by atoms with Crippen LogP contribution in [-0.2, 0) is 7.05 Å². The standard InChI is InChI=1S/C19H25N5O2S/c1-6-26-14-7-8-15-16(11-14)27-19(20-15)24(10-9-22(3)4)18(25)17-13(2)12-23(5)21-17/h7-8,11-12H,6,9-10H2,1-5H3. The Balaban J connectivity index is 1.98. The molecule has 0 radical (unpaired) electrons. The highest BCUT2D eigenvalue weighted by molar-refractivity contribution is 7.22. The van der Waals surface area contributed by atoms with Gasteiger partial charge in [-0.15, -0.1) is 0 Å². The average Bonchev–Trinajstić information content (AvgIpc) is 3.17. The molecule has 0 unspecified atom stereocenters. The predicted molar refractivity (Wildman–Crippen MR) is 109 cm³/mol. The zero-order valence-electron chi connectivity index (χ0n) is 16.4. The summed E-state index contributed by atoms with van der Waals surface area (Å²) >= 11 is 1.49. The Morgan fingerprint density at radius 1 is 1.30 bits per heavy atom. The predicted octanol–water partition coefficient (Wildman–Crippen LogP) is 2.95. The van der Waals surface area contributed by atoms with Gasteiger partial charge in [0.1, 0.15) is 5.75 Å². The van der Waals surface area contributed by atoms with Gasteiger partial charge in [0.15, 0.2) is 10.8 Å². The molecule has 3 rings (SSSR count). The van der Waals surface area contributed by atoms with E-state index in [1.54, 1.807) is 9.58 Å². The summed E-state index contributed by atoms with van der Waals surface area (Å²) in [5.74, 6) is 0.686. The fourth-order valence-corrected chi connectivity index (χ4v) is 3.81. The highest BCUT2D eigenvalue weighted by atomic mass is 32.1. The molecule has 0 bridgehead atoms. The number of rotatable bonds is 7. The number of fused-ring (bicyclic) bond motifs is 1. The number of hydrogen-bond donors (Lipinski definition) is 0. The zero-order valence-corrected chi connectivity index (χ0v) is 17.2. The quantitative estimate of drug-likeness (QED) is 0.624. The Bertz CT molecular complexity index is 947. The van der Waals surface area contributed by atoms with E-state index in [9.17, 15) is 4.79 Å². The second-order valence-electron chi connectivity index (χ2n) is 6.65. The van der Waals surface area contributed by atoms with Crippen molar-refractivity contribution in [3.05, 3.63) is 35.7 Å². The van der Waals surface area contributed by atoms with Gasteiger partial charge in [0.2, 0.25) is 0 Å². The van der Waals surface area contributed by atoms with Gasteiger partial charge in [-0.25, -0.2) is 4.98 Å². The van der Waals surface area contributed by atoms with Crippen molar-refractivity contribution in [2.24, 2.45) is 7.05 Å². The van der Waals surface area contributed by atoms with Crippen LogP contribution in [0.2, 0.25) is 0 Å². The number of amides is 1. The number of carbonyl (C=O) groups excluding carboxylic acids is 1. The molecule has 2 aromatic heterocycles. The fraction of sp³-hybridized carbons (Fsp3) is 0.421. The summed E-state index contributed by atoms with van der Waals surface area (Å²) in [6.07, 6.45) is 1.85. The third-order valence-corrected chi connectivity index (χ3v) is 5.16. The lowest BCUT2D eigenvalue weighted by atomic mass is 10.2. The summed E-state index contributed by atoms with van der Waals surface area (Å²) in [7, 11) is 5.80. The van der Waals surface area contributed by atoms with Crippen molar-refractivity contribution in [3.8, 4) is 5.75 Å². The van der Waals surface area contributed by atoms with E-state index in [1.165, 1.54) is 11.3 Å². The van der Waals surface area contributed by atoms with Crippen LogP contribution in [0.15, 0.2) is 24.4 Å². The maximum Gasteiger partial charge on any atom is 0.280 e. The second-order valence-corrected chi connectivity index (χ2v) is 7.66. The minimum atomic E-state index is -0.126. The van der Waals surface area contributed by atoms with E-state index in [4.69, 9.17) is 9.72 Å². The zero-order chi connectivity index (χ0) is 19.6. The number of aromatic nitrogens is 3. The molecule has 0 N–H and O–H groups in total. The van der Waals surface area contributed by atoms with Gasteiger partial charge in [0, 0.05) is 31.9 Å². The number of aryl methyl sites for hydroxylation is 2. The van der Waals surface area contributed by atoms with Crippen molar-refractivity contribution in [3.63, 3.8) is 0 Å². The van der Waals surface area contributed by atoms with E-state index in [1.807, 2.05) is 64.3 Å². The van der Waals surface area contributed by atoms with Crippen molar-refractivity contribution in [1.29, 1.82) is 0 Å². The van der Waals surface area contributed by atoms with E-state index in [0.29, 0.717) is 24.0 Å². The molecule has 0 saturated heterocycles. The highest BCUT2D eigenvalue weighted by Gasteiger charge is 2.25. The minimum Gasteiger partial charge on any atom is -0.494 e. The first-order valence-corrected chi connectivity index (χ1v) is 9.71. The van der Waals surface area contributed by atoms with Crippen molar-refractivity contribution < 1.29 is 9.53 Å². The molecule has 7 nitrogen and oxygen atoms in total. The second kappa shape index (κ2) is 8.06. The molecule has 0 aliphatic rings. The first kappa shape index (κ1) is 19.3. The third kappa shape index (κ3) is 4.28. The van der Waals surface area contributed by atoms with Gasteiger partial charge in [-0.2, -0.15) is 5.10 Å². The molecule has 0 fully saturated rings. The summed E-state index contributed by atoms with van der Waals surface area (Å²) in [4.78, 5) is 21.7. The van der Waals surface area contributed by atoms with Crippen LogP contribution in [0.1, 0.15) is 23.0 Å². The number of carbonyl (C=O) groups is 1. The van der Waals surface area contributed by atoms with Gasteiger partial charge in [0.05, 0.1) is 16.8 Å². The molecule has 0 saturated carbocycles. The van der Waals surface area contributed by atoms with Crippen molar-refractivity contribution in [2.75, 3.05) is 38.7 Å². The fourth-order valence-electron chi connectivity index (χ4n) is 2.79. The maximum absolute atomic E-state index is 13.2. The first-order valence-electron chi connectivity index (χ1n) is 8.89. The number of anilines is 1. The lowest BCUT2D eigenvalue weighted by Crippen LogP contribution is -2.37. The van der Waals surface area contributed by atoms with Crippen LogP contribution in [0.4, 0.5) is 5.13 Å². The van der Waals surface area contributed by atoms with Gasteiger partial charge in [0.25, 0.3) is 5.91 Å². The molecule has 2 heterocycles. The largest absolute Gasteiger partial charge is 0.494 e. The summed E-state index contributed by atoms with van der Waals surface area (Å²) in [6, 6.07) is 5.81. The molecule has 0 aliphatic carbocycles. The van der Waals surface area contributed by atoms with Gasteiger partial charge in [-0.05, 0) is 46.1 Å². The summed E-state index contributed by atoms with van der Waals surface area (Å²) in [6.45, 7) is 5.75. The van der Waals surface area contributed by atoms with E-state index >= 15 is 0 Å². The SMILES string of the molecule is CCOc1ccc2nc(N(CCN(C)C)C(=O)c3nn(C)cc3C)sc2c1. The number of benzene rings is 1. The van der Waals surface area contributed by atoms with E-state index in [2.05, 4.69) is 5.10 Å². The molecule has 1 aromatic carbocycles. The Morgan fingerprint density at radius 3 is 2.70 bits per heavy atom. The maximum atomic E-state index is 13.2. The summed E-state index contributed by atoms with van der Waals surface area (Å²) in [5.41, 5.74) is 2.18. The monoisotopic (exact) mass is 387 g/mol. The van der Waals surface area contributed by atoms with E-state index in [-0.39, 0.29) is 5.91 Å². The number of ether oxygens (including phenoxy) is 1. The molecular formula is C19H25N5O2S. The van der Waals surface area contributed by atoms with Crippen LogP contribution < -0.4 is 9.64 Å². The molecule has 1 amide bonds. The van der Waals surface area contributed by atoms with Crippen molar-refractivity contribution in [2.45, 2.75) is 13.8 Å². The Morgan fingerprint density at radius 2 is 2.07 bits per heavy atom. The van der Waals surface area contributed by atoms with Crippen LogP contribution in [0.3, 0.4) is 0 Å². The molecule has 0 aliphatic heterocycles. The summed E-state index contributed by atoms with van der Waals surface area (Å²) in [5, 5.41) is 5.02. The van der Waals surface area contributed by atoms with Crippen molar-refractivity contribution >= 4 is 32.6 Å². The lowest BCUT2D eigenvalue weighted by Gasteiger charge is -2.21. The van der Waals surface area contributed by atoms with Crippen LogP contribution in [0.25, 0.3) is 10.2 Å². The van der Waals surface area contributed by atoms with Crippen LogP contribution in [0.5, 0.6) is 5.75 Å². The highest BCUT2D eigenvalue weighted by Crippen LogP contribution is 2.32. The van der Waals surface area contributed by atoms with E-state index < -0.39 is 0 Å². The van der Waals surface area contributed by atoms with Gasteiger partial charge in [-0.3, -0.25) is 14.4 Å². The van der Waals surface area contributed by atoms with Gasteiger partial charge >= 0.3 is 0 Å². The Kier molecular flexibility index (Phi) is 5.76.